The van der Waals surface area contributed by atoms with Crippen LogP contribution in [-0.4, -0.2) is 11.0 Å². The molecule has 0 fully saturated rings. The normalized spacial score (nSPS) is 17.6. The maximum absolute atomic E-state index is 13.6. The van der Waals surface area contributed by atoms with E-state index in [1.165, 1.54) is 17.0 Å². The minimum absolute atomic E-state index is 0.107. The van der Waals surface area contributed by atoms with Crippen molar-refractivity contribution in [2.24, 2.45) is 0 Å². The number of fused-ring (bicyclic) bond motifs is 1. The Morgan fingerprint density at radius 3 is 3.05 bits per heavy atom. The number of amides is 1. The summed E-state index contributed by atoms with van der Waals surface area (Å²) in [5.74, 6) is -1.18. The van der Waals surface area contributed by atoms with E-state index >= 15 is 0 Å². The summed E-state index contributed by atoms with van der Waals surface area (Å²) < 4.78 is 13.6. The molecule has 1 aliphatic carbocycles. The zero-order valence-corrected chi connectivity index (χ0v) is 11.5. The largest absolute Gasteiger partial charge is 0.508 e. The van der Waals surface area contributed by atoms with Crippen molar-refractivity contribution in [3.63, 3.8) is 0 Å². The van der Waals surface area contributed by atoms with Gasteiger partial charge in [-0.3, -0.25) is 4.79 Å². The molecule has 1 amide bonds. The van der Waals surface area contributed by atoms with Crippen LogP contribution in [-0.2, 0) is 11.2 Å². The number of rotatable bonds is 2. The summed E-state index contributed by atoms with van der Waals surface area (Å²) in [5.41, 5.74) is 1.17. The molecular formula is C15H14FNO2S. The fraction of sp³-hybridized carbons (Fsp3) is 0.267. The number of benzene rings is 1. The van der Waals surface area contributed by atoms with E-state index in [0.29, 0.717) is 0 Å². The number of carbonyl (C=O) groups excluding carboxylic acids is 1. The number of nitrogens with one attached hydrogen (secondary N) is 1. The number of phenolic OH excluding ortho intramolecular Hbond substituents is 1. The lowest BCUT2D eigenvalue weighted by molar-refractivity contribution is -0.117. The van der Waals surface area contributed by atoms with Gasteiger partial charge in [0.15, 0.2) is 0 Å². The molecule has 3 rings (SSSR count). The average molecular weight is 291 g/mol. The summed E-state index contributed by atoms with van der Waals surface area (Å²) in [5, 5.41) is 13.8. The number of aryl methyl sites for hydroxylation is 1. The highest BCUT2D eigenvalue weighted by Gasteiger charge is 2.27. The minimum atomic E-state index is -0.625. The van der Waals surface area contributed by atoms with Crippen LogP contribution in [0, 0.1) is 5.82 Å². The number of halogens is 1. The topological polar surface area (TPSA) is 49.3 Å². The highest BCUT2D eigenvalue weighted by atomic mass is 32.1. The van der Waals surface area contributed by atoms with E-state index in [1.54, 1.807) is 11.3 Å². The second-order valence-electron chi connectivity index (χ2n) is 4.90. The Morgan fingerprint density at radius 1 is 1.40 bits per heavy atom. The van der Waals surface area contributed by atoms with Crippen LogP contribution in [0.15, 0.2) is 29.6 Å². The van der Waals surface area contributed by atoms with E-state index in [1.807, 2.05) is 11.4 Å². The van der Waals surface area contributed by atoms with E-state index in [0.717, 1.165) is 30.9 Å². The van der Waals surface area contributed by atoms with Crippen LogP contribution in [0.2, 0.25) is 0 Å². The third kappa shape index (κ3) is 2.41. The predicted molar refractivity (Wildman–Crippen MR) is 76.7 cm³/mol. The van der Waals surface area contributed by atoms with E-state index in [-0.39, 0.29) is 23.3 Å². The maximum Gasteiger partial charge on any atom is 0.232 e. The molecular weight excluding hydrogens is 277 g/mol. The minimum Gasteiger partial charge on any atom is -0.508 e. The lowest BCUT2D eigenvalue weighted by Gasteiger charge is -2.22. The Bertz CT molecular complexity index is 653. The number of aromatic hydroxyl groups is 1. The Labute approximate surface area is 120 Å². The molecule has 0 saturated heterocycles. The first-order valence-corrected chi connectivity index (χ1v) is 7.39. The molecule has 104 valence electrons. The van der Waals surface area contributed by atoms with Crippen molar-refractivity contribution in [3.05, 3.63) is 45.9 Å². The Balaban J connectivity index is 1.81. The van der Waals surface area contributed by atoms with E-state index < -0.39 is 5.82 Å². The summed E-state index contributed by atoms with van der Waals surface area (Å²) in [7, 11) is 0. The molecule has 0 saturated carbocycles. The SMILES string of the molecule is O=C(Nc1ccc(O)cc1F)C1CCCc2sccc21. The molecule has 0 bridgehead atoms. The zero-order chi connectivity index (χ0) is 14.1. The molecule has 1 unspecified atom stereocenters. The first-order chi connectivity index (χ1) is 9.65. The van der Waals surface area contributed by atoms with Crippen LogP contribution in [0.1, 0.15) is 29.2 Å². The second-order valence-corrected chi connectivity index (χ2v) is 5.90. The molecule has 3 nitrogen and oxygen atoms in total. The van der Waals surface area contributed by atoms with Gasteiger partial charge in [0.25, 0.3) is 0 Å². The molecule has 1 aromatic heterocycles. The summed E-state index contributed by atoms with van der Waals surface area (Å²) in [6.45, 7) is 0. The van der Waals surface area contributed by atoms with Crippen molar-refractivity contribution in [2.75, 3.05) is 5.32 Å². The Morgan fingerprint density at radius 2 is 2.25 bits per heavy atom. The van der Waals surface area contributed by atoms with Crippen molar-refractivity contribution < 1.29 is 14.3 Å². The number of phenols is 1. The molecule has 0 radical (unpaired) electrons. The lowest BCUT2D eigenvalue weighted by atomic mass is 9.87. The summed E-state index contributed by atoms with van der Waals surface area (Å²) in [6, 6.07) is 5.71. The van der Waals surface area contributed by atoms with Gasteiger partial charge in [-0.15, -0.1) is 11.3 Å². The van der Waals surface area contributed by atoms with Gasteiger partial charge in [0.05, 0.1) is 11.6 Å². The van der Waals surface area contributed by atoms with Crippen LogP contribution in [0.4, 0.5) is 10.1 Å². The van der Waals surface area contributed by atoms with Crippen molar-refractivity contribution >= 4 is 22.9 Å². The summed E-state index contributed by atoms with van der Waals surface area (Å²) >= 11 is 1.67. The third-order valence-electron chi connectivity index (χ3n) is 3.58. The number of hydrogen-bond donors (Lipinski definition) is 2. The summed E-state index contributed by atoms with van der Waals surface area (Å²) in [4.78, 5) is 13.6. The highest BCUT2D eigenvalue weighted by Crippen LogP contribution is 2.35. The molecule has 1 heterocycles. The Kier molecular flexibility index (Phi) is 3.44. The van der Waals surface area contributed by atoms with Gasteiger partial charge in [-0.05, 0) is 48.4 Å². The molecule has 2 N–H and O–H groups in total. The van der Waals surface area contributed by atoms with E-state index in [4.69, 9.17) is 0 Å². The standard InChI is InChI=1S/C15H14FNO2S/c16-12-8-9(18)4-5-13(12)17-15(19)11-2-1-3-14-10(11)6-7-20-14/h4-8,11,18H,1-3H2,(H,17,19). The predicted octanol–water partition coefficient (Wildman–Crippen LogP) is 3.65. The number of carbonyl (C=O) groups is 1. The average Bonchev–Trinajstić information content (AvgIpc) is 2.90. The van der Waals surface area contributed by atoms with Crippen molar-refractivity contribution in [1.82, 2.24) is 0 Å². The zero-order valence-electron chi connectivity index (χ0n) is 10.7. The van der Waals surface area contributed by atoms with E-state index in [2.05, 4.69) is 5.32 Å². The molecule has 1 aromatic carbocycles. The van der Waals surface area contributed by atoms with Gasteiger partial charge >= 0.3 is 0 Å². The number of thiophene rings is 1. The van der Waals surface area contributed by atoms with Crippen molar-refractivity contribution in [3.8, 4) is 5.75 Å². The molecule has 1 atom stereocenters. The van der Waals surface area contributed by atoms with Crippen LogP contribution < -0.4 is 5.32 Å². The quantitative estimate of drug-likeness (QED) is 0.830. The van der Waals surface area contributed by atoms with Gasteiger partial charge < -0.3 is 10.4 Å². The molecule has 20 heavy (non-hydrogen) atoms. The molecule has 1 aliphatic rings. The first kappa shape index (κ1) is 13.1. The number of hydrogen-bond acceptors (Lipinski definition) is 3. The smallest absolute Gasteiger partial charge is 0.232 e. The van der Waals surface area contributed by atoms with Crippen LogP contribution in [0.3, 0.4) is 0 Å². The van der Waals surface area contributed by atoms with Gasteiger partial charge in [-0.2, -0.15) is 0 Å². The third-order valence-corrected chi connectivity index (χ3v) is 4.58. The first-order valence-electron chi connectivity index (χ1n) is 6.51. The summed E-state index contributed by atoms with van der Waals surface area (Å²) in [6.07, 6.45) is 2.78. The molecule has 5 heteroatoms. The maximum atomic E-state index is 13.6. The Hall–Kier alpha value is -1.88. The fourth-order valence-electron chi connectivity index (χ4n) is 2.58. The van der Waals surface area contributed by atoms with Gasteiger partial charge in [0.1, 0.15) is 11.6 Å². The second kappa shape index (κ2) is 5.25. The van der Waals surface area contributed by atoms with Crippen LogP contribution >= 0.6 is 11.3 Å². The fourth-order valence-corrected chi connectivity index (χ4v) is 3.57. The van der Waals surface area contributed by atoms with E-state index in [9.17, 15) is 14.3 Å². The lowest BCUT2D eigenvalue weighted by Crippen LogP contribution is -2.24. The van der Waals surface area contributed by atoms with Gasteiger partial charge in [-0.25, -0.2) is 4.39 Å². The number of anilines is 1. The van der Waals surface area contributed by atoms with Gasteiger partial charge in [0, 0.05) is 10.9 Å². The van der Waals surface area contributed by atoms with Crippen molar-refractivity contribution in [1.29, 1.82) is 0 Å². The molecule has 2 aromatic rings. The van der Waals surface area contributed by atoms with Crippen molar-refractivity contribution in [2.45, 2.75) is 25.2 Å². The van der Waals surface area contributed by atoms with Gasteiger partial charge in [0.2, 0.25) is 5.91 Å². The molecule has 0 spiro atoms. The highest BCUT2D eigenvalue weighted by molar-refractivity contribution is 7.10. The monoisotopic (exact) mass is 291 g/mol. The molecule has 0 aliphatic heterocycles. The van der Waals surface area contributed by atoms with Crippen LogP contribution in [0.25, 0.3) is 0 Å². The van der Waals surface area contributed by atoms with Crippen LogP contribution in [0.5, 0.6) is 5.75 Å². The van der Waals surface area contributed by atoms with Gasteiger partial charge in [-0.1, -0.05) is 0 Å².